The topological polar surface area (TPSA) is 48.7 Å². The van der Waals surface area contributed by atoms with Crippen LogP contribution in [0.4, 0.5) is 4.39 Å². The molecular formula is C20H15ClFN3O2. The van der Waals surface area contributed by atoms with Crippen molar-refractivity contribution in [3.8, 4) is 34.0 Å². The number of pyridine rings is 1. The monoisotopic (exact) mass is 383 g/mol. The molecule has 0 radical (unpaired) electrons. The normalized spacial score (nSPS) is 11.0. The van der Waals surface area contributed by atoms with Gasteiger partial charge >= 0.3 is 0 Å². The van der Waals surface area contributed by atoms with Gasteiger partial charge in [-0.15, -0.1) is 10.2 Å². The van der Waals surface area contributed by atoms with Crippen molar-refractivity contribution in [2.75, 3.05) is 14.2 Å². The summed E-state index contributed by atoms with van der Waals surface area (Å²) in [4.78, 5) is 0. The second-order valence-corrected chi connectivity index (χ2v) is 6.27. The first-order valence-electron chi connectivity index (χ1n) is 8.14. The fraction of sp³-hybridized carbons (Fsp3) is 0.100. The number of halogens is 2. The van der Waals surface area contributed by atoms with Gasteiger partial charge in [0.25, 0.3) is 0 Å². The van der Waals surface area contributed by atoms with Crippen LogP contribution in [0.3, 0.4) is 0 Å². The fourth-order valence-electron chi connectivity index (χ4n) is 3.03. The standard InChI is InChI=1S/C20H15ClFN3O2/c1-26-17-10-13(21)7-8-15(17)20-24-23-18-9-6-12(11-25(18)20)14-4-3-5-16(22)19(14)27-2/h3-11H,1-2H3. The Kier molecular flexibility index (Phi) is 4.41. The summed E-state index contributed by atoms with van der Waals surface area (Å²) in [7, 11) is 3.02. The minimum Gasteiger partial charge on any atom is -0.496 e. The molecule has 0 bridgehead atoms. The largest absolute Gasteiger partial charge is 0.496 e. The number of fused-ring (bicyclic) bond motifs is 1. The van der Waals surface area contributed by atoms with E-state index >= 15 is 0 Å². The molecule has 2 heterocycles. The van der Waals surface area contributed by atoms with Gasteiger partial charge in [-0.2, -0.15) is 0 Å². The van der Waals surface area contributed by atoms with Crippen LogP contribution in [-0.2, 0) is 0 Å². The molecule has 4 rings (SSSR count). The molecular weight excluding hydrogens is 369 g/mol. The highest BCUT2D eigenvalue weighted by Gasteiger charge is 2.16. The van der Waals surface area contributed by atoms with Gasteiger partial charge in [0.05, 0.1) is 19.8 Å². The number of aromatic nitrogens is 3. The minimum absolute atomic E-state index is 0.190. The lowest BCUT2D eigenvalue weighted by atomic mass is 10.1. The van der Waals surface area contributed by atoms with E-state index in [-0.39, 0.29) is 5.75 Å². The van der Waals surface area contributed by atoms with Gasteiger partial charge in [0.1, 0.15) is 5.75 Å². The molecule has 0 saturated heterocycles. The van der Waals surface area contributed by atoms with Crippen LogP contribution in [0.5, 0.6) is 11.5 Å². The maximum atomic E-state index is 14.1. The van der Waals surface area contributed by atoms with Crippen molar-refractivity contribution in [1.82, 2.24) is 14.6 Å². The molecule has 2 aromatic heterocycles. The molecule has 0 unspecified atom stereocenters. The molecule has 0 aliphatic rings. The third-order valence-corrected chi connectivity index (χ3v) is 4.52. The lowest BCUT2D eigenvalue weighted by Crippen LogP contribution is -1.96. The van der Waals surface area contributed by atoms with Gasteiger partial charge in [0.15, 0.2) is 23.0 Å². The van der Waals surface area contributed by atoms with Gasteiger partial charge in [-0.3, -0.25) is 4.40 Å². The molecule has 0 atom stereocenters. The molecule has 4 aromatic rings. The van der Waals surface area contributed by atoms with E-state index in [0.717, 1.165) is 11.1 Å². The first-order valence-corrected chi connectivity index (χ1v) is 8.51. The van der Waals surface area contributed by atoms with Crippen LogP contribution in [0, 0.1) is 5.82 Å². The average molecular weight is 384 g/mol. The molecule has 0 aliphatic heterocycles. The molecule has 5 nitrogen and oxygen atoms in total. The highest BCUT2D eigenvalue weighted by atomic mass is 35.5. The van der Waals surface area contributed by atoms with Crippen molar-refractivity contribution in [2.45, 2.75) is 0 Å². The Morgan fingerprint density at radius 1 is 0.963 bits per heavy atom. The maximum absolute atomic E-state index is 14.1. The Hall–Kier alpha value is -3.12. The Morgan fingerprint density at radius 2 is 1.81 bits per heavy atom. The highest BCUT2D eigenvalue weighted by Crippen LogP contribution is 2.35. The number of methoxy groups -OCH3 is 2. The zero-order valence-corrected chi connectivity index (χ0v) is 15.4. The third-order valence-electron chi connectivity index (χ3n) is 4.29. The van der Waals surface area contributed by atoms with Gasteiger partial charge < -0.3 is 9.47 Å². The van der Waals surface area contributed by atoms with E-state index in [4.69, 9.17) is 21.1 Å². The third kappa shape index (κ3) is 2.98. The molecule has 0 aliphatic carbocycles. The number of nitrogens with zero attached hydrogens (tertiary/aromatic N) is 3. The van der Waals surface area contributed by atoms with Crippen LogP contribution in [0.15, 0.2) is 54.7 Å². The molecule has 0 amide bonds. The second-order valence-electron chi connectivity index (χ2n) is 5.83. The average Bonchev–Trinajstić information content (AvgIpc) is 3.10. The van der Waals surface area contributed by atoms with Crippen LogP contribution in [-0.4, -0.2) is 28.8 Å². The molecule has 0 N–H and O–H groups in total. The van der Waals surface area contributed by atoms with Gasteiger partial charge in [0.2, 0.25) is 0 Å². The maximum Gasteiger partial charge on any atom is 0.172 e. The van der Waals surface area contributed by atoms with Crippen LogP contribution in [0.1, 0.15) is 0 Å². The zero-order valence-electron chi connectivity index (χ0n) is 14.6. The van der Waals surface area contributed by atoms with E-state index in [1.54, 1.807) is 31.4 Å². The SMILES string of the molecule is COc1cc(Cl)ccc1-c1nnc2ccc(-c3cccc(F)c3OC)cn12. The lowest BCUT2D eigenvalue weighted by molar-refractivity contribution is 0.388. The van der Waals surface area contributed by atoms with Gasteiger partial charge in [-0.1, -0.05) is 23.7 Å². The van der Waals surface area contributed by atoms with E-state index in [0.29, 0.717) is 27.8 Å². The van der Waals surface area contributed by atoms with Crippen molar-refractivity contribution < 1.29 is 13.9 Å². The van der Waals surface area contributed by atoms with Gasteiger partial charge in [-0.25, -0.2) is 4.39 Å². The molecule has 7 heteroatoms. The number of rotatable bonds is 4. The predicted molar refractivity (Wildman–Crippen MR) is 102 cm³/mol. The number of ether oxygens (including phenoxy) is 2. The molecule has 0 spiro atoms. The van der Waals surface area contributed by atoms with Crippen molar-refractivity contribution in [3.63, 3.8) is 0 Å². The summed E-state index contributed by atoms with van der Waals surface area (Å²) < 4.78 is 26.6. The fourth-order valence-corrected chi connectivity index (χ4v) is 3.19. The van der Waals surface area contributed by atoms with E-state index in [1.807, 2.05) is 28.8 Å². The van der Waals surface area contributed by atoms with Gasteiger partial charge in [-0.05, 0) is 36.4 Å². The van der Waals surface area contributed by atoms with E-state index in [2.05, 4.69) is 10.2 Å². The van der Waals surface area contributed by atoms with Crippen molar-refractivity contribution >= 4 is 17.2 Å². The lowest BCUT2D eigenvalue weighted by Gasteiger charge is -2.11. The second kappa shape index (κ2) is 6.89. The van der Waals surface area contributed by atoms with E-state index in [9.17, 15) is 4.39 Å². The van der Waals surface area contributed by atoms with Crippen molar-refractivity contribution in [2.24, 2.45) is 0 Å². The minimum atomic E-state index is -0.418. The zero-order chi connectivity index (χ0) is 19.0. The first kappa shape index (κ1) is 17.3. The summed E-state index contributed by atoms with van der Waals surface area (Å²) in [6, 6.07) is 13.8. The Bertz CT molecular complexity index is 1140. The van der Waals surface area contributed by atoms with E-state index in [1.165, 1.54) is 13.2 Å². The van der Waals surface area contributed by atoms with Gasteiger partial charge in [0, 0.05) is 22.3 Å². The Labute approximate surface area is 159 Å². The van der Waals surface area contributed by atoms with Crippen LogP contribution in [0.2, 0.25) is 5.02 Å². The molecule has 136 valence electrons. The number of hydrogen-bond acceptors (Lipinski definition) is 4. The van der Waals surface area contributed by atoms with Crippen molar-refractivity contribution in [3.05, 3.63) is 65.6 Å². The van der Waals surface area contributed by atoms with Crippen LogP contribution < -0.4 is 9.47 Å². The molecule has 0 saturated carbocycles. The number of benzene rings is 2. The Balaban J connectivity index is 1.92. The first-order chi connectivity index (χ1) is 13.1. The van der Waals surface area contributed by atoms with Crippen molar-refractivity contribution in [1.29, 1.82) is 0 Å². The van der Waals surface area contributed by atoms with Crippen LogP contribution in [0.25, 0.3) is 28.2 Å². The molecule has 27 heavy (non-hydrogen) atoms. The predicted octanol–water partition coefficient (Wildman–Crippen LogP) is 4.87. The van der Waals surface area contributed by atoms with E-state index < -0.39 is 5.82 Å². The number of hydrogen-bond donors (Lipinski definition) is 0. The Morgan fingerprint density at radius 3 is 2.59 bits per heavy atom. The summed E-state index contributed by atoms with van der Waals surface area (Å²) in [5.41, 5.74) is 2.81. The summed E-state index contributed by atoms with van der Waals surface area (Å²) in [5, 5.41) is 9.05. The summed E-state index contributed by atoms with van der Waals surface area (Å²) >= 11 is 6.06. The summed E-state index contributed by atoms with van der Waals surface area (Å²) in [6.07, 6.45) is 1.84. The summed E-state index contributed by atoms with van der Waals surface area (Å²) in [6.45, 7) is 0. The molecule has 0 fully saturated rings. The van der Waals surface area contributed by atoms with Crippen LogP contribution >= 0.6 is 11.6 Å². The summed E-state index contributed by atoms with van der Waals surface area (Å²) in [5.74, 6) is 0.954. The smallest absolute Gasteiger partial charge is 0.172 e. The molecule has 2 aromatic carbocycles. The highest BCUT2D eigenvalue weighted by molar-refractivity contribution is 6.30. The quantitative estimate of drug-likeness (QED) is 0.504. The number of para-hydroxylation sites is 1.